The second-order valence-electron chi connectivity index (χ2n) is 6.77. The lowest BCUT2D eigenvalue weighted by Gasteiger charge is -2.08. The van der Waals surface area contributed by atoms with E-state index in [1.807, 2.05) is 30.3 Å². The van der Waals surface area contributed by atoms with Gasteiger partial charge in [-0.3, -0.25) is 14.9 Å². The van der Waals surface area contributed by atoms with Gasteiger partial charge in [0.1, 0.15) is 18.2 Å². The largest absolute Gasteiger partial charge is 0.482 e. The maximum atomic E-state index is 12.5. The number of carboxylic acids is 1. The van der Waals surface area contributed by atoms with Crippen LogP contribution in [-0.2, 0) is 11.4 Å². The van der Waals surface area contributed by atoms with Crippen LogP contribution in [0.4, 0.5) is 11.4 Å². The van der Waals surface area contributed by atoms with Crippen molar-refractivity contribution >= 4 is 29.3 Å². The number of carbonyl (C=O) groups is 2. The van der Waals surface area contributed by atoms with Gasteiger partial charge in [0, 0.05) is 11.8 Å². The Morgan fingerprint density at radius 2 is 1.85 bits per heavy atom. The Labute approximate surface area is 188 Å². The van der Waals surface area contributed by atoms with Crippen molar-refractivity contribution in [2.45, 2.75) is 6.61 Å². The number of aromatic carboxylic acids is 1. The summed E-state index contributed by atoms with van der Waals surface area (Å²) < 4.78 is 5.57. The van der Waals surface area contributed by atoms with Crippen LogP contribution in [0.15, 0.2) is 78.4 Å². The van der Waals surface area contributed by atoms with Crippen molar-refractivity contribution in [2.24, 2.45) is 0 Å². The van der Waals surface area contributed by atoms with E-state index in [0.29, 0.717) is 0 Å². The first-order chi connectivity index (χ1) is 15.9. The molecule has 0 atom stereocenters. The van der Waals surface area contributed by atoms with Gasteiger partial charge in [0.05, 0.1) is 10.5 Å². The van der Waals surface area contributed by atoms with E-state index < -0.39 is 16.8 Å². The molecule has 3 rings (SSSR count). The van der Waals surface area contributed by atoms with E-state index in [9.17, 15) is 25.0 Å². The van der Waals surface area contributed by atoms with E-state index >= 15 is 0 Å². The molecule has 0 aliphatic rings. The molecule has 3 aromatic rings. The maximum absolute atomic E-state index is 12.5. The van der Waals surface area contributed by atoms with Crippen molar-refractivity contribution in [1.29, 1.82) is 5.26 Å². The van der Waals surface area contributed by atoms with Crippen molar-refractivity contribution < 1.29 is 24.4 Å². The van der Waals surface area contributed by atoms with Crippen LogP contribution in [0, 0.1) is 21.4 Å². The first-order valence-electron chi connectivity index (χ1n) is 9.59. The molecule has 0 saturated carbocycles. The van der Waals surface area contributed by atoms with Crippen molar-refractivity contribution in [3.63, 3.8) is 0 Å². The van der Waals surface area contributed by atoms with Gasteiger partial charge in [0.25, 0.3) is 5.91 Å². The van der Waals surface area contributed by atoms with E-state index in [1.165, 1.54) is 48.5 Å². The summed E-state index contributed by atoms with van der Waals surface area (Å²) in [6.07, 6.45) is 1.20. The molecular weight excluding hydrogens is 426 g/mol. The number of hydrogen-bond donors (Lipinski definition) is 2. The summed E-state index contributed by atoms with van der Waals surface area (Å²) in [6.45, 7) is 0.137. The Balaban J connectivity index is 1.81. The van der Waals surface area contributed by atoms with Crippen LogP contribution in [0.5, 0.6) is 5.75 Å². The van der Waals surface area contributed by atoms with Crippen molar-refractivity contribution in [1.82, 2.24) is 0 Å². The smallest absolute Gasteiger partial charge is 0.335 e. The molecule has 0 spiro atoms. The lowest BCUT2D eigenvalue weighted by molar-refractivity contribution is -0.386. The van der Waals surface area contributed by atoms with Gasteiger partial charge >= 0.3 is 11.7 Å². The summed E-state index contributed by atoms with van der Waals surface area (Å²) in [5.74, 6) is -1.90. The molecule has 0 bridgehead atoms. The zero-order chi connectivity index (χ0) is 23.8. The Kier molecular flexibility index (Phi) is 7.13. The highest BCUT2D eigenvalue weighted by molar-refractivity contribution is 6.10. The third-order valence-corrected chi connectivity index (χ3v) is 4.46. The molecule has 9 heteroatoms. The number of carbonyl (C=O) groups excluding carboxylic acids is 1. The van der Waals surface area contributed by atoms with Crippen LogP contribution in [-0.4, -0.2) is 21.9 Å². The number of ether oxygens (including phenoxy) is 1. The average Bonchev–Trinajstić information content (AvgIpc) is 2.82. The topological polar surface area (TPSA) is 143 Å². The molecule has 0 unspecified atom stereocenters. The molecule has 0 aliphatic carbocycles. The van der Waals surface area contributed by atoms with Gasteiger partial charge in [0.2, 0.25) is 0 Å². The van der Waals surface area contributed by atoms with Gasteiger partial charge in [-0.05, 0) is 41.5 Å². The van der Waals surface area contributed by atoms with Gasteiger partial charge in [-0.15, -0.1) is 0 Å². The van der Waals surface area contributed by atoms with Crippen LogP contribution in [0.3, 0.4) is 0 Å². The van der Waals surface area contributed by atoms with Crippen molar-refractivity contribution in [3.8, 4) is 11.8 Å². The highest BCUT2D eigenvalue weighted by Gasteiger charge is 2.17. The predicted octanol–water partition coefficient (Wildman–Crippen LogP) is 4.42. The SMILES string of the molecule is N#C/C(=C/c1ccc(OCc2ccccc2)c([N+](=O)[O-])c1)C(=O)Nc1cccc(C(=O)O)c1. The fourth-order valence-corrected chi connectivity index (χ4v) is 2.87. The van der Waals surface area contributed by atoms with E-state index in [2.05, 4.69) is 5.32 Å². The second-order valence-corrected chi connectivity index (χ2v) is 6.77. The number of nitriles is 1. The summed E-state index contributed by atoms with van der Waals surface area (Å²) in [5, 5.41) is 32.4. The number of nitrogens with zero attached hydrogens (tertiary/aromatic N) is 2. The molecule has 2 N–H and O–H groups in total. The summed E-state index contributed by atoms with van der Waals surface area (Å²) >= 11 is 0. The fraction of sp³-hybridized carbons (Fsp3) is 0.0417. The Morgan fingerprint density at radius 1 is 1.09 bits per heavy atom. The zero-order valence-electron chi connectivity index (χ0n) is 17.1. The van der Waals surface area contributed by atoms with Gasteiger partial charge in [-0.1, -0.05) is 42.5 Å². The predicted molar refractivity (Wildman–Crippen MR) is 119 cm³/mol. The number of carboxylic acid groups (broad SMARTS) is 1. The van der Waals surface area contributed by atoms with Gasteiger partial charge in [-0.2, -0.15) is 5.26 Å². The molecule has 0 saturated heterocycles. The molecule has 1 amide bonds. The quantitative estimate of drug-likeness (QED) is 0.227. The minimum Gasteiger partial charge on any atom is -0.482 e. The molecule has 0 radical (unpaired) electrons. The van der Waals surface area contributed by atoms with Gasteiger partial charge in [-0.25, -0.2) is 4.79 Å². The minimum atomic E-state index is -1.16. The first kappa shape index (κ1) is 22.7. The monoisotopic (exact) mass is 443 g/mol. The standard InChI is InChI=1S/C24H17N3O6/c25-14-19(23(28)26-20-8-4-7-18(13-20)24(29)30)11-17-9-10-22(21(12-17)27(31)32)33-15-16-5-2-1-3-6-16/h1-13H,15H2,(H,26,28)(H,29,30)/b19-11-. The van der Waals surface area contributed by atoms with Crippen LogP contribution in [0.1, 0.15) is 21.5 Å². The Morgan fingerprint density at radius 3 is 2.52 bits per heavy atom. The average molecular weight is 443 g/mol. The summed E-state index contributed by atoms with van der Waals surface area (Å²) in [5.41, 5.74) is 0.620. The van der Waals surface area contributed by atoms with Crippen LogP contribution in [0.2, 0.25) is 0 Å². The summed E-state index contributed by atoms with van der Waals surface area (Å²) in [7, 11) is 0. The van der Waals surface area contributed by atoms with Crippen molar-refractivity contribution in [2.75, 3.05) is 5.32 Å². The number of hydrogen-bond acceptors (Lipinski definition) is 6. The third kappa shape index (κ3) is 6.02. The molecular formula is C24H17N3O6. The lowest BCUT2D eigenvalue weighted by atomic mass is 10.1. The molecule has 0 aliphatic heterocycles. The number of amides is 1. The van der Waals surface area contributed by atoms with E-state index in [4.69, 9.17) is 9.84 Å². The van der Waals surface area contributed by atoms with Crippen LogP contribution >= 0.6 is 0 Å². The molecule has 3 aromatic carbocycles. The third-order valence-electron chi connectivity index (χ3n) is 4.46. The van der Waals surface area contributed by atoms with E-state index in [0.717, 1.165) is 5.56 Å². The fourth-order valence-electron chi connectivity index (χ4n) is 2.87. The molecule has 0 aromatic heterocycles. The molecule has 0 fully saturated rings. The number of benzene rings is 3. The number of nitro benzene ring substituents is 1. The number of rotatable bonds is 8. The van der Waals surface area contributed by atoms with Crippen LogP contribution < -0.4 is 10.1 Å². The molecule has 0 heterocycles. The van der Waals surface area contributed by atoms with Gasteiger partial charge < -0.3 is 15.2 Å². The lowest BCUT2D eigenvalue weighted by Crippen LogP contribution is -2.14. The first-order valence-corrected chi connectivity index (χ1v) is 9.59. The summed E-state index contributed by atoms with van der Waals surface area (Å²) in [6, 6.07) is 20.5. The highest BCUT2D eigenvalue weighted by atomic mass is 16.6. The van der Waals surface area contributed by atoms with Crippen molar-refractivity contribution in [3.05, 3.63) is 105 Å². The number of anilines is 1. The Bertz CT molecular complexity index is 1280. The zero-order valence-corrected chi connectivity index (χ0v) is 17.1. The number of nitrogens with one attached hydrogen (secondary N) is 1. The molecule has 9 nitrogen and oxygen atoms in total. The molecule has 164 valence electrons. The number of nitro groups is 1. The highest BCUT2D eigenvalue weighted by Crippen LogP contribution is 2.29. The Hall–Kier alpha value is -4.97. The van der Waals surface area contributed by atoms with E-state index in [1.54, 1.807) is 6.07 Å². The molecule has 33 heavy (non-hydrogen) atoms. The van der Waals surface area contributed by atoms with Gasteiger partial charge in [0.15, 0.2) is 5.75 Å². The van der Waals surface area contributed by atoms with E-state index in [-0.39, 0.29) is 40.4 Å². The minimum absolute atomic E-state index is 0.0306. The van der Waals surface area contributed by atoms with Crippen LogP contribution in [0.25, 0.3) is 6.08 Å². The summed E-state index contributed by atoms with van der Waals surface area (Å²) in [4.78, 5) is 34.4. The second kappa shape index (κ2) is 10.4. The normalized spacial score (nSPS) is 10.7. The maximum Gasteiger partial charge on any atom is 0.335 e.